The van der Waals surface area contributed by atoms with E-state index in [1.54, 1.807) is 0 Å². The molecule has 0 aliphatic heterocycles. The average molecular weight is 316 g/mol. The second-order valence-electron chi connectivity index (χ2n) is 4.57. The number of halogens is 3. The van der Waals surface area contributed by atoms with E-state index in [0.717, 1.165) is 20.0 Å². The molecule has 0 amide bonds. The van der Waals surface area contributed by atoms with Crippen molar-refractivity contribution in [2.24, 2.45) is 0 Å². The summed E-state index contributed by atoms with van der Waals surface area (Å²) in [5.41, 5.74) is -0.623. The van der Waals surface area contributed by atoms with Gasteiger partial charge in [0.05, 0.1) is 12.1 Å². The first-order valence-electron chi connectivity index (χ1n) is 6.17. The molecule has 4 nitrogen and oxygen atoms in total. The van der Waals surface area contributed by atoms with Crippen LogP contribution in [0.4, 0.5) is 8.78 Å². The molecular formula is C14H12ClF2NO3. The van der Waals surface area contributed by atoms with Crippen LogP contribution in [0.5, 0.6) is 0 Å². The van der Waals surface area contributed by atoms with Gasteiger partial charge in [-0.05, 0) is 25.0 Å². The van der Waals surface area contributed by atoms with E-state index in [1.165, 1.54) is 6.20 Å². The minimum atomic E-state index is -1.22. The van der Waals surface area contributed by atoms with Crippen molar-refractivity contribution in [2.75, 3.05) is 7.11 Å². The Bertz CT molecular complexity index is 627. The highest BCUT2D eigenvalue weighted by Gasteiger charge is 2.26. The SMILES string of the molecule is COC(=O)/C(=C/NC1CC1)C(=O)c1cc(F)c(F)cc1Cl. The predicted molar refractivity (Wildman–Crippen MR) is 72.0 cm³/mol. The lowest BCUT2D eigenvalue weighted by atomic mass is 10.0. The second kappa shape index (κ2) is 6.22. The lowest BCUT2D eigenvalue weighted by Crippen LogP contribution is -2.20. The number of nitrogens with one attached hydrogen (secondary N) is 1. The second-order valence-corrected chi connectivity index (χ2v) is 4.97. The molecule has 1 aromatic carbocycles. The Kier molecular flexibility index (Phi) is 4.57. The third-order valence-corrected chi connectivity index (χ3v) is 3.26. The van der Waals surface area contributed by atoms with Crippen molar-refractivity contribution < 1.29 is 23.1 Å². The predicted octanol–water partition coefficient (Wildman–Crippen LogP) is 2.61. The van der Waals surface area contributed by atoms with Gasteiger partial charge in [0.2, 0.25) is 5.78 Å². The number of carbonyl (C=O) groups is 2. The normalized spacial score (nSPS) is 14.8. The molecule has 0 atom stereocenters. The van der Waals surface area contributed by atoms with Gasteiger partial charge in [-0.15, -0.1) is 0 Å². The van der Waals surface area contributed by atoms with Gasteiger partial charge in [-0.2, -0.15) is 0 Å². The zero-order valence-corrected chi connectivity index (χ0v) is 11.8. The van der Waals surface area contributed by atoms with E-state index in [0.29, 0.717) is 12.1 Å². The summed E-state index contributed by atoms with van der Waals surface area (Å²) in [4.78, 5) is 23.9. The zero-order chi connectivity index (χ0) is 15.6. The molecule has 0 saturated heterocycles. The molecule has 2 rings (SSSR count). The molecule has 21 heavy (non-hydrogen) atoms. The Morgan fingerprint density at radius 3 is 2.52 bits per heavy atom. The van der Waals surface area contributed by atoms with Crippen LogP contribution in [0, 0.1) is 11.6 Å². The number of benzene rings is 1. The number of Topliss-reactive ketones (excluding diaryl/α,β-unsaturated/α-hetero) is 1. The van der Waals surface area contributed by atoms with E-state index in [1.807, 2.05) is 0 Å². The van der Waals surface area contributed by atoms with Crippen LogP contribution in [0.25, 0.3) is 0 Å². The molecule has 0 bridgehead atoms. The fourth-order valence-electron chi connectivity index (χ4n) is 1.62. The summed E-state index contributed by atoms with van der Waals surface area (Å²) < 4.78 is 30.8. The molecule has 7 heteroatoms. The molecule has 1 fully saturated rings. The molecule has 1 N–H and O–H groups in total. The molecule has 0 spiro atoms. The fraction of sp³-hybridized carbons (Fsp3) is 0.286. The standard InChI is InChI=1S/C14H12ClF2NO3/c1-21-14(20)9(6-18-7-2-3-7)13(19)8-4-11(16)12(17)5-10(8)15/h4-7,18H,2-3H2,1H3/b9-6+. The van der Waals surface area contributed by atoms with Crippen LogP contribution >= 0.6 is 11.6 Å². The summed E-state index contributed by atoms with van der Waals surface area (Å²) in [6.07, 6.45) is 3.10. The van der Waals surface area contributed by atoms with Crippen LogP contribution in [-0.2, 0) is 9.53 Å². The van der Waals surface area contributed by atoms with Gasteiger partial charge in [0.1, 0.15) is 5.57 Å². The monoisotopic (exact) mass is 315 g/mol. The summed E-state index contributed by atoms with van der Waals surface area (Å²) >= 11 is 5.74. The van der Waals surface area contributed by atoms with Gasteiger partial charge in [-0.25, -0.2) is 13.6 Å². The average Bonchev–Trinajstić information content (AvgIpc) is 3.26. The summed E-state index contributed by atoms with van der Waals surface area (Å²) in [6.45, 7) is 0. The number of ketones is 1. The van der Waals surface area contributed by atoms with Crippen molar-refractivity contribution in [3.05, 3.63) is 46.1 Å². The van der Waals surface area contributed by atoms with Gasteiger partial charge >= 0.3 is 5.97 Å². The van der Waals surface area contributed by atoms with Crippen molar-refractivity contribution in [3.8, 4) is 0 Å². The fourth-order valence-corrected chi connectivity index (χ4v) is 1.86. The smallest absolute Gasteiger partial charge is 0.343 e. The third kappa shape index (κ3) is 3.58. The number of esters is 1. The first-order chi connectivity index (χ1) is 9.93. The van der Waals surface area contributed by atoms with Gasteiger partial charge < -0.3 is 10.1 Å². The maximum atomic E-state index is 13.3. The van der Waals surface area contributed by atoms with Crippen molar-refractivity contribution in [2.45, 2.75) is 18.9 Å². The van der Waals surface area contributed by atoms with E-state index in [9.17, 15) is 18.4 Å². The van der Waals surface area contributed by atoms with Crippen LogP contribution in [0.1, 0.15) is 23.2 Å². The highest BCUT2D eigenvalue weighted by atomic mass is 35.5. The molecule has 0 unspecified atom stereocenters. The summed E-state index contributed by atoms with van der Waals surface area (Å²) in [5, 5.41) is 2.60. The quantitative estimate of drug-likeness (QED) is 0.227. The minimum Gasteiger partial charge on any atom is -0.465 e. The minimum absolute atomic E-state index is 0.206. The number of carbonyl (C=O) groups excluding carboxylic acids is 2. The van der Waals surface area contributed by atoms with Crippen molar-refractivity contribution in [1.82, 2.24) is 5.32 Å². The summed E-state index contributed by atoms with van der Waals surface area (Å²) in [6, 6.07) is 1.55. The maximum absolute atomic E-state index is 13.3. The van der Waals surface area contributed by atoms with Crippen LogP contribution in [0.3, 0.4) is 0 Å². The number of ether oxygens (including phenoxy) is 1. The van der Waals surface area contributed by atoms with Gasteiger partial charge in [0.15, 0.2) is 11.6 Å². The van der Waals surface area contributed by atoms with Crippen LogP contribution < -0.4 is 5.32 Å². The van der Waals surface area contributed by atoms with E-state index in [4.69, 9.17) is 11.6 Å². The molecule has 1 aliphatic rings. The first kappa shape index (κ1) is 15.4. The topological polar surface area (TPSA) is 55.4 Å². The maximum Gasteiger partial charge on any atom is 0.343 e. The van der Waals surface area contributed by atoms with E-state index in [2.05, 4.69) is 10.1 Å². The van der Waals surface area contributed by atoms with Crippen LogP contribution in [0.15, 0.2) is 23.9 Å². The first-order valence-corrected chi connectivity index (χ1v) is 6.55. The number of methoxy groups -OCH3 is 1. The van der Waals surface area contributed by atoms with Crippen LogP contribution in [-0.4, -0.2) is 24.9 Å². The van der Waals surface area contributed by atoms with Crippen molar-refractivity contribution >= 4 is 23.4 Å². The molecule has 0 radical (unpaired) electrons. The zero-order valence-electron chi connectivity index (χ0n) is 11.1. The molecule has 0 heterocycles. The van der Waals surface area contributed by atoms with Crippen LogP contribution in [0.2, 0.25) is 5.02 Å². The number of rotatable bonds is 5. The van der Waals surface area contributed by atoms with E-state index >= 15 is 0 Å². The highest BCUT2D eigenvalue weighted by molar-refractivity contribution is 6.36. The lowest BCUT2D eigenvalue weighted by Gasteiger charge is -2.08. The molecule has 112 valence electrons. The lowest BCUT2D eigenvalue weighted by molar-refractivity contribution is -0.135. The molecule has 0 aromatic heterocycles. The van der Waals surface area contributed by atoms with E-state index in [-0.39, 0.29) is 22.2 Å². The van der Waals surface area contributed by atoms with Gasteiger partial charge in [0, 0.05) is 17.8 Å². The Hall–Kier alpha value is -1.95. The Labute approximate surface area is 124 Å². The van der Waals surface area contributed by atoms with Crippen molar-refractivity contribution in [1.29, 1.82) is 0 Å². The number of hydrogen-bond acceptors (Lipinski definition) is 4. The Morgan fingerprint density at radius 2 is 1.95 bits per heavy atom. The molecule has 1 saturated carbocycles. The number of hydrogen-bond donors (Lipinski definition) is 1. The van der Waals surface area contributed by atoms with Crippen molar-refractivity contribution in [3.63, 3.8) is 0 Å². The van der Waals surface area contributed by atoms with E-state index < -0.39 is 23.4 Å². The van der Waals surface area contributed by atoms with Gasteiger partial charge in [-0.3, -0.25) is 4.79 Å². The highest BCUT2D eigenvalue weighted by Crippen LogP contribution is 2.24. The largest absolute Gasteiger partial charge is 0.465 e. The van der Waals surface area contributed by atoms with Gasteiger partial charge in [0.25, 0.3) is 0 Å². The molecule has 1 aliphatic carbocycles. The van der Waals surface area contributed by atoms with Gasteiger partial charge in [-0.1, -0.05) is 11.6 Å². The summed E-state index contributed by atoms with van der Waals surface area (Å²) in [5.74, 6) is -4.11. The molecule has 1 aromatic rings. The third-order valence-electron chi connectivity index (χ3n) is 2.95. The Balaban J connectivity index is 2.35. The summed E-state index contributed by atoms with van der Waals surface area (Å²) in [7, 11) is 1.12. The molecular weight excluding hydrogens is 304 g/mol. The Morgan fingerprint density at radius 1 is 1.33 bits per heavy atom.